The number of aromatic nitrogens is 2. The summed E-state index contributed by atoms with van der Waals surface area (Å²) in [6.07, 6.45) is 3.46. The third-order valence-corrected chi connectivity index (χ3v) is 4.72. The van der Waals surface area contributed by atoms with Gasteiger partial charge in [-0.3, -0.25) is 0 Å². The number of carbonyl (C=O) groups is 1. The number of nitrogens with one attached hydrogen (secondary N) is 1. The van der Waals surface area contributed by atoms with E-state index in [1.807, 2.05) is 18.2 Å². The Bertz CT molecular complexity index is 690. The van der Waals surface area contributed by atoms with E-state index < -0.39 is 0 Å². The standard InChI is InChI=1S/C15H15Br2N5O/c16-11-2-3-13(12(17)10-11)20-15(23)22-8-6-21(7-9-22)14-18-4-1-5-19-14/h1-5,10H,6-9H2,(H,20,23). The summed E-state index contributed by atoms with van der Waals surface area (Å²) in [5.74, 6) is 0.711. The minimum absolute atomic E-state index is 0.0957. The Morgan fingerprint density at radius 2 is 1.78 bits per heavy atom. The van der Waals surface area contributed by atoms with Crippen molar-refractivity contribution < 1.29 is 4.79 Å². The Morgan fingerprint density at radius 3 is 2.43 bits per heavy atom. The van der Waals surface area contributed by atoms with Crippen molar-refractivity contribution in [2.45, 2.75) is 0 Å². The summed E-state index contributed by atoms with van der Waals surface area (Å²) in [4.78, 5) is 24.8. The molecule has 0 saturated carbocycles. The molecular weight excluding hydrogens is 426 g/mol. The fraction of sp³-hybridized carbons (Fsp3) is 0.267. The Labute approximate surface area is 151 Å². The molecule has 0 unspecified atom stereocenters. The summed E-state index contributed by atoms with van der Waals surface area (Å²) in [5.41, 5.74) is 0.757. The van der Waals surface area contributed by atoms with E-state index >= 15 is 0 Å². The zero-order valence-corrected chi connectivity index (χ0v) is 15.4. The molecule has 1 fully saturated rings. The molecule has 1 saturated heterocycles. The first-order valence-corrected chi connectivity index (χ1v) is 8.75. The molecule has 1 N–H and O–H groups in total. The van der Waals surface area contributed by atoms with Gasteiger partial charge in [0.2, 0.25) is 5.95 Å². The Hall–Kier alpha value is -1.67. The summed E-state index contributed by atoms with van der Waals surface area (Å²) >= 11 is 6.85. The number of carbonyl (C=O) groups excluding carboxylic acids is 1. The van der Waals surface area contributed by atoms with E-state index in [-0.39, 0.29) is 6.03 Å². The third kappa shape index (κ3) is 4.00. The second-order valence-corrected chi connectivity index (χ2v) is 6.85. The molecule has 0 atom stereocenters. The minimum Gasteiger partial charge on any atom is -0.337 e. The van der Waals surface area contributed by atoms with E-state index in [9.17, 15) is 4.79 Å². The van der Waals surface area contributed by atoms with Gasteiger partial charge in [0.25, 0.3) is 0 Å². The molecule has 1 aromatic heterocycles. The maximum atomic E-state index is 12.4. The van der Waals surface area contributed by atoms with E-state index in [4.69, 9.17) is 0 Å². The molecule has 0 spiro atoms. The summed E-state index contributed by atoms with van der Waals surface area (Å²) in [7, 11) is 0. The van der Waals surface area contributed by atoms with Crippen LogP contribution >= 0.6 is 31.9 Å². The zero-order valence-electron chi connectivity index (χ0n) is 12.2. The summed E-state index contributed by atoms with van der Waals surface area (Å²) in [5, 5.41) is 2.93. The van der Waals surface area contributed by atoms with Crippen LogP contribution < -0.4 is 10.2 Å². The number of hydrogen-bond acceptors (Lipinski definition) is 4. The fourth-order valence-electron chi connectivity index (χ4n) is 2.35. The molecule has 8 heteroatoms. The van der Waals surface area contributed by atoms with Crippen molar-refractivity contribution >= 4 is 49.5 Å². The molecule has 0 radical (unpaired) electrons. The van der Waals surface area contributed by atoms with Gasteiger partial charge in [0.05, 0.1) is 5.69 Å². The number of hydrogen-bond donors (Lipinski definition) is 1. The SMILES string of the molecule is O=C(Nc1ccc(Br)cc1Br)N1CCN(c2ncccn2)CC1. The van der Waals surface area contributed by atoms with Gasteiger partial charge in [0, 0.05) is 47.5 Å². The topological polar surface area (TPSA) is 61.4 Å². The second-order valence-electron chi connectivity index (χ2n) is 5.08. The Balaban J connectivity index is 1.58. The van der Waals surface area contributed by atoms with E-state index in [0.717, 1.165) is 27.7 Å². The highest BCUT2D eigenvalue weighted by Crippen LogP contribution is 2.26. The van der Waals surface area contributed by atoms with Crippen LogP contribution in [0.2, 0.25) is 0 Å². The average Bonchev–Trinajstić information content (AvgIpc) is 2.58. The number of benzene rings is 1. The maximum Gasteiger partial charge on any atom is 0.321 e. The molecule has 1 aliphatic heterocycles. The number of nitrogens with zero attached hydrogens (tertiary/aromatic N) is 4. The molecule has 120 valence electrons. The molecular formula is C15H15Br2N5O. The van der Waals surface area contributed by atoms with Gasteiger partial charge in [0.15, 0.2) is 0 Å². The summed E-state index contributed by atoms with van der Waals surface area (Å²) in [6, 6.07) is 7.36. The highest BCUT2D eigenvalue weighted by atomic mass is 79.9. The zero-order chi connectivity index (χ0) is 16.2. The van der Waals surface area contributed by atoms with Crippen LogP contribution in [0, 0.1) is 0 Å². The van der Waals surface area contributed by atoms with Crippen LogP contribution in [0.3, 0.4) is 0 Å². The number of urea groups is 1. The summed E-state index contributed by atoms with van der Waals surface area (Å²) in [6.45, 7) is 2.72. The number of halogens is 2. The van der Waals surface area contributed by atoms with Crippen molar-refractivity contribution in [2.24, 2.45) is 0 Å². The number of rotatable bonds is 2. The van der Waals surface area contributed by atoms with Gasteiger partial charge in [-0.2, -0.15) is 0 Å². The molecule has 1 aliphatic rings. The smallest absolute Gasteiger partial charge is 0.321 e. The normalized spacial score (nSPS) is 14.7. The monoisotopic (exact) mass is 439 g/mol. The van der Waals surface area contributed by atoms with Crippen LogP contribution in [0.1, 0.15) is 0 Å². The van der Waals surface area contributed by atoms with Crippen LogP contribution in [-0.4, -0.2) is 47.1 Å². The molecule has 2 amide bonds. The van der Waals surface area contributed by atoms with Crippen LogP contribution in [0.4, 0.5) is 16.4 Å². The van der Waals surface area contributed by atoms with E-state index in [1.165, 1.54) is 0 Å². The molecule has 2 aromatic rings. The van der Waals surface area contributed by atoms with E-state index in [1.54, 1.807) is 23.4 Å². The van der Waals surface area contributed by atoms with Crippen molar-refractivity contribution in [3.8, 4) is 0 Å². The highest BCUT2D eigenvalue weighted by molar-refractivity contribution is 9.11. The van der Waals surface area contributed by atoms with Crippen molar-refractivity contribution in [1.82, 2.24) is 14.9 Å². The fourth-order valence-corrected chi connectivity index (χ4v) is 3.50. The molecule has 0 aliphatic carbocycles. The van der Waals surface area contributed by atoms with Gasteiger partial charge >= 0.3 is 6.03 Å². The minimum atomic E-state index is -0.0957. The first-order chi connectivity index (χ1) is 11.1. The number of anilines is 2. The van der Waals surface area contributed by atoms with E-state index in [0.29, 0.717) is 19.0 Å². The lowest BCUT2D eigenvalue weighted by Gasteiger charge is -2.34. The first-order valence-electron chi connectivity index (χ1n) is 7.16. The predicted molar refractivity (Wildman–Crippen MR) is 96.7 cm³/mol. The predicted octanol–water partition coefficient (Wildman–Crippen LogP) is 3.36. The van der Waals surface area contributed by atoms with Crippen LogP contribution in [0.25, 0.3) is 0 Å². The van der Waals surface area contributed by atoms with Crippen LogP contribution in [-0.2, 0) is 0 Å². The van der Waals surface area contributed by atoms with E-state index in [2.05, 4.69) is 52.0 Å². The van der Waals surface area contributed by atoms with Crippen molar-refractivity contribution in [3.63, 3.8) is 0 Å². The van der Waals surface area contributed by atoms with Crippen molar-refractivity contribution in [3.05, 3.63) is 45.6 Å². The van der Waals surface area contributed by atoms with Gasteiger partial charge in [-0.05, 0) is 40.2 Å². The van der Waals surface area contributed by atoms with Crippen molar-refractivity contribution in [1.29, 1.82) is 0 Å². The first kappa shape index (κ1) is 16.2. The largest absolute Gasteiger partial charge is 0.337 e. The second kappa shape index (κ2) is 7.27. The lowest BCUT2D eigenvalue weighted by atomic mass is 10.3. The van der Waals surface area contributed by atoms with Gasteiger partial charge < -0.3 is 15.1 Å². The maximum absolute atomic E-state index is 12.4. The van der Waals surface area contributed by atoms with Crippen LogP contribution in [0.15, 0.2) is 45.6 Å². The number of amides is 2. The van der Waals surface area contributed by atoms with Gasteiger partial charge in [-0.1, -0.05) is 15.9 Å². The van der Waals surface area contributed by atoms with Gasteiger partial charge in [-0.25, -0.2) is 14.8 Å². The molecule has 2 heterocycles. The van der Waals surface area contributed by atoms with Crippen molar-refractivity contribution in [2.75, 3.05) is 36.4 Å². The van der Waals surface area contributed by atoms with Gasteiger partial charge in [-0.15, -0.1) is 0 Å². The average molecular weight is 441 g/mol. The lowest BCUT2D eigenvalue weighted by Crippen LogP contribution is -2.50. The molecule has 0 bridgehead atoms. The number of piperazine rings is 1. The molecule has 3 rings (SSSR count). The quantitative estimate of drug-likeness (QED) is 0.777. The highest BCUT2D eigenvalue weighted by Gasteiger charge is 2.22. The molecule has 1 aromatic carbocycles. The van der Waals surface area contributed by atoms with Gasteiger partial charge in [0.1, 0.15) is 0 Å². The Kier molecular flexibility index (Phi) is 5.12. The molecule has 23 heavy (non-hydrogen) atoms. The molecule has 6 nitrogen and oxygen atoms in total. The third-order valence-electron chi connectivity index (χ3n) is 3.57. The lowest BCUT2D eigenvalue weighted by molar-refractivity contribution is 0.208. The summed E-state index contributed by atoms with van der Waals surface area (Å²) < 4.78 is 1.80. The van der Waals surface area contributed by atoms with Crippen LogP contribution in [0.5, 0.6) is 0 Å². The Morgan fingerprint density at radius 1 is 1.09 bits per heavy atom.